The van der Waals surface area contributed by atoms with Crippen molar-refractivity contribution in [3.63, 3.8) is 0 Å². The van der Waals surface area contributed by atoms with Gasteiger partial charge in [-0.3, -0.25) is 0 Å². The first-order chi connectivity index (χ1) is 11.8. The molecule has 1 saturated heterocycles. The Labute approximate surface area is 146 Å². The van der Waals surface area contributed by atoms with Crippen molar-refractivity contribution in [3.8, 4) is 0 Å². The van der Waals surface area contributed by atoms with Crippen molar-refractivity contribution in [2.75, 3.05) is 13.1 Å². The molecule has 0 bridgehead atoms. The van der Waals surface area contributed by atoms with Gasteiger partial charge in [-0.2, -0.15) is 0 Å². The molecule has 24 heavy (non-hydrogen) atoms. The summed E-state index contributed by atoms with van der Waals surface area (Å²) in [6.45, 7) is 2.10. The molecular weight excluding hydrogens is 320 g/mol. The zero-order valence-corrected chi connectivity index (χ0v) is 14.3. The molecule has 1 N–H and O–H groups in total. The summed E-state index contributed by atoms with van der Waals surface area (Å²) >= 11 is 6.12. The SMILES string of the molecule is Clc1cnc2c(c1)nc(CCc1ccccc1)n2C1CCNCC1. The highest BCUT2D eigenvalue weighted by atomic mass is 35.5. The van der Waals surface area contributed by atoms with E-state index < -0.39 is 0 Å². The van der Waals surface area contributed by atoms with E-state index in [1.54, 1.807) is 6.20 Å². The Morgan fingerprint density at radius 1 is 1.12 bits per heavy atom. The molecule has 4 rings (SSSR count). The predicted octanol–water partition coefficient (Wildman–Crippen LogP) is 3.79. The number of hydrogen-bond donors (Lipinski definition) is 1. The average molecular weight is 341 g/mol. The zero-order chi connectivity index (χ0) is 16.4. The van der Waals surface area contributed by atoms with Gasteiger partial charge >= 0.3 is 0 Å². The van der Waals surface area contributed by atoms with Crippen LogP contribution in [0.5, 0.6) is 0 Å². The quantitative estimate of drug-likeness (QED) is 0.785. The zero-order valence-electron chi connectivity index (χ0n) is 13.6. The predicted molar refractivity (Wildman–Crippen MR) is 97.5 cm³/mol. The van der Waals surface area contributed by atoms with Crippen LogP contribution in [0, 0.1) is 0 Å². The Bertz CT molecular complexity index is 822. The van der Waals surface area contributed by atoms with E-state index in [0.29, 0.717) is 11.1 Å². The number of benzene rings is 1. The maximum atomic E-state index is 6.12. The third kappa shape index (κ3) is 3.17. The fourth-order valence-electron chi connectivity index (χ4n) is 3.53. The molecular formula is C19H21ClN4. The lowest BCUT2D eigenvalue weighted by atomic mass is 10.1. The monoisotopic (exact) mass is 340 g/mol. The Balaban J connectivity index is 1.69. The highest BCUT2D eigenvalue weighted by Gasteiger charge is 2.22. The number of fused-ring (bicyclic) bond motifs is 1. The molecule has 1 fully saturated rings. The topological polar surface area (TPSA) is 42.7 Å². The Morgan fingerprint density at radius 3 is 2.71 bits per heavy atom. The van der Waals surface area contributed by atoms with Gasteiger partial charge < -0.3 is 9.88 Å². The number of rotatable bonds is 4. The first-order valence-electron chi connectivity index (χ1n) is 8.58. The minimum atomic E-state index is 0.468. The first-order valence-corrected chi connectivity index (χ1v) is 8.96. The molecule has 1 aliphatic rings. The van der Waals surface area contributed by atoms with E-state index in [0.717, 1.165) is 55.8 Å². The maximum Gasteiger partial charge on any atom is 0.160 e. The van der Waals surface area contributed by atoms with E-state index in [1.165, 1.54) is 5.56 Å². The van der Waals surface area contributed by atoms with Crippen molar-refractivity contribution in [1.82, 2.24) is 19.9 Å². The number of aromatic nitrogens is 3. The summed E-state index contributed by atoms with van der Waals surface area (Å²) in [6, 6.07) is 13.0. The fraction of sp³-hybridized carbons (Fsp3) is 0.368. The van der Waals surface area contributed by atoms with E-state index >= 15 is 0 Å². The van der Waals surface area contributed by atoms with Crippen LogP contribution in [0.3, 0.4) is 0 Å². The average Bonchev–Trinajstić information content (AvgIpc) is 2.99. The van der Waals surface area contributed by atoms with Crippen molar-refractivity contribution >= 4 is 22.8 Å². The van der Waals surface area contributed by atoms with Crippen LogP contribution in [0.2, 0.25) is 5.02 Å². The molecule has 0 saturated carbocycles. The minimum Gasteiger partial charge on any atom is -0.317 e. The molecule has 0 spiro atoms. The Hall–Kier alpha value is -1.91. The van der Waals surface area contributed by atoms with Crippen LogP contribution >= 0.6 is 11.6 Å². The number of nitrogens with one attached hydrogen (secondary N) is 1. The lowest BCUT2D eigenvalue weighted by Crippen LogP contribution is -2.30. The molecule has 0 unspecified atom stereocenters. The number of pyridine rings is 1. The summed E-state index contributed by atoms with van der Waals surface area (Å²) in [5.74, 6) is 1.12. The second-order valence-corrected chi connectivity index (χ2v) is 6.80. The smallest absolute Gasteiger partial charge is 0.160 e. The highest BCUT2D eigenvalue weighted by Crippen LogP contribution is 2.27. The van der Waals surface area contributed by atoms with Gasteiger partial charge in [0.2, 0.25) is 0 Å². The van der Waals surface area contributed by atoms with E-state index in [4.69, 9.17) is 16.6 Å². The van der Waals surface area contributed by atoms with Crippen molar-refractivity contribution in [3.05, 3.63) is 59.0 Å². The Morgan fingerprint density at radius 2 is 1.92 bits per heavy atom. The number of halogens is 1. The summed E-state index contributed by atoms with van der Waals surface area (Å²) in [4.78, 5) is 9.44. The summed E-state index contributed by atoms with van der Waals surface area (Å²) in [5.41, 5.74) is 3.21. The second kappa shape index (κ2) is 6.91. The van der Waals surface area contributed by atoms with Gasteiger partial charge in [-0.25, -0.2) is 9.97 Å². The molecule has 4 nitrogen and oxygen atoms in total. The molecule has 1 aliphatic heterocycles. The van der Waals surface area contributed by atoms with Crippen molar-refractivity contribution in [2.24, 2.45) is 0 Å². The second-order valence-electron chi connectivity index (χ2n) is 6.36. The molecule has 3 aromatic rings. The first kappa shape index (κ1) is 15.6. The lowest BCUT2D eigenvalue weighted by Gasteiger charge is -2.26. The van der Waals surface area contributed by atoms with Crippen molar-refractivity contribution in [1.29, 1.82) is 0 Å². The van der Waals surface area contributed by atoms with Gasteiger partial charge in [0.15, 0.2) is 5.65 Å². The summed E-state index contributed by atoms with van der Waals surface area (Å²) in [6.07, 6.45) is 5.87. The molecule has 5 heteroatoms. The highest BCUT2D eigenvalue weighted by molar-refractivity contribution is 6.31. The summed E-state index contributed by atoms with van der Waals surface area (Å²) in [5, 5.41) is 4.08. The maximum absolute atomic E-state index is 6.12. The van der Waals surface area contributed by atoms with Gasteiger partial charge in [-0.1, -0.05) is 41.9 Å². The standard InChI is InChI=1S/C19H21ClN4/c20-15-12-17-19(22-13-15)24(16-8-10-21-11-9-16)18(23-17)7-6-14-4-2-1-3-5-14/h1-5,12-13,16,21H,6-11H2. The summed E-state index contributed by atoms with van der Waals surface area (Å²) < 4.78 is 2.36. The number of piperidine rings is 1. The molecule has 0 amide bonds. The van der Waals surface area contributed by atoms with Gasteiger partial charge in [0.05, 0.1) is 5.02 Å². The molecule has 0 atom stereocenters. The molecule has 3 heterocycles. The third-order valence-corrected chi connectivity index (χ3v) is 4.93. The molecule has 1 aromatic carbocycles. The molecule has 2 aromatic heterocycles. The van der Waals surface area contributed by atoms with E-state index in [2.05, 4.69) is 45.2 Å². The van der Waals surface area contributed by atoms with Crippen LogP contribution in [-0.2, 0) is 12.8 Å². The van der Waals surface area contributed by atoms with E-state index in [1.807, 2.05) is 6.07 Å². The van der Waals surface area contributed by atoms with Crippen molar-refractivity contribution in [2.45, 2.75) is 31.7 Å². The van der Waals surface area contributed by atoms with Crippen LogP contribution in [-0.4, -0.2) is 27.6 Å². The number of hydrogen-bond acceptors (Lipinski definition) is 3. The van der Waals surface area contributed by atoms with Crippen LogP contribution in [0.4, 0.5) is 0 Å². The van der Waals surface area contributed by atoms with Gasteiger partial charge in [0, 0.05) is 18.7 Å². The van der Waals surface area contributed by atoms with Gasteiger partial charge in [0.25, 0.3) is 0 Å². The van der Waals surface area contributed by atoms with Gasteiger partial charge in [-0.15, -0.1) is 0 Å². The number of nitrogens with zero attached hydrogens (tertiary/aromatic N) is 3. The largest absolute Gasteiger partial charge is 0.317 e. The van der Waals surface area contributed by atoms with Gasteiger partial charge in [0.1, 0.15) is 11.3 Å². The summed E-state index contributed by atoms with van der Waals surface area (Å²) in [7, 11) is 0. The van der Waals surface area contributed by atoms with E-state index in [-0.39, 0.29) is 0 Å². The van der Waals surface area contributed by atoms with Crippen molar-refractivity contribution < 1.29 is 0 Å². The van der Waals surface area contributed by atoms with Gasteiger partial charge in [-0.05, 0) is 44.0 Å². The molecule has 0 aliphatic carbocycles. The Kier molecular flexibility index (Phi) is 4.50. The number of aryl methyl sites for hydroxylation is 2. The number of imidazole rings is 1. The molecule has 0 radical (unpaired) electrons. The third-order valence-electron chi connectivity index (χ3n) is 4.72. The van der Waals surface area contributed by atoms with E-state index in [9.17, 15) is 0 Å². The normalized spacial score (nSPS) is 15.9. The lowest BCUT2D eigenvalue weighted by molar-refractivity contribution is 0.365. The van der Waals surface area contributed by atoms with Crippen LogP contribution in [0.1, 0.15) is 30.3 Å². The van der Waals surface area contributed by atoms with Crippen LogP contribution in [0.15, 0.2) is 42.6 Å². The van der Waals surface area contributed by atoms with Crippen LogP contribution < -0.4 is 5.32 Å². The molecule has 124 valence electrons. The van der Waals surface area contributed by atoms with Crippen LogP contribution in [0.25, 0.3) is 11.2 Å². The minimum absolute atomic E-state index is 0.468. The fourth-order valence-corrected chi connectivity index (χ4v) is 3.68.